The first-order chi connectivity index (χ1) is 13.7. The normalized spacial score (nSPS) is 10.9. The first kappa shape index (κ1) is 20.3. The SMILES string of the molecule is C=C(C)C(=O)Oc1c2ccccc2c(OC(=O)C(=C)C)c2c(C(C)C)cccc12. The lowest BCUT2D eigenvalue weighted by molar-refractivity contribution is -0.130. The molecule has 3 aromatic carbocycles. The standard InChI is InChI=1S/C25H24O4/c1-14(2)17-12-9-13-20-21(17)23(29-25(27)16(5)6)19-11-8-7-10-18(19)22(20)28-24(26)15(3)4/h7-14H,3,5H2,1-2,4,6H3. The van der Waals surface area contributed by atoms with E-state index in [0.717, 1.165) is 10.9 Å². The highest BCUT2D eigenvalue weighted by Gasteiger charge is 2.23. The van der Waals surface area contributed by atoms with E-state index in [1.165, 1.54) is 0 Å². The van der Waals surface area contributed by atoms with Gasteiger partial charge in [0.05, 0.1) is 0 Å². The van der Waals surface area contributed by atoms with Gasteiger partial charge in [-0.25, -0.2) is 9.59 Å². The lowest BCUT2D eigenvalue weighted by atomic mass is 9.92. The lowest BCUT2D eigenvalue weighted by Crippen LogP contribution is -2.12. The summed E-state index contributed by atoms with van der Waals surface area (Å²) in [5.41, 5.74) is 1.60. The molecule has 0 unspecified atom stereocenters. The van der Waals surface area contributed by atoms with Crippen LogP contribution in [0.15, 0.2) is 66.8 Å². The molecule has 0 saturated heterocycles. The van der Waals surface area contributed by atoms with Crippen LogP contribution in [-0.2, 0) is 9.59 Å². The Balaban J connectivity index is 2.47. The number of fused-ring (bicyclic) bond motifs is 2. The van der Waals surface area contributed by atoms with Crippen LogP contribution in [-0.4, -0.2) is 11.9 Å². The predicted molar refractivity (Wildman–Crippen MR) is 116 cm³/mol. The molecule has 0 aliphatic carbocycles. The van der Waals surface area contributed by atoms with E-state index < -0.39 is 11.9 Å². The number of esters is 2. The fourth-order valence-electron chi connectivity index (χ4n) is 3.23. The largest absolute Gasteiger partial charge is 0.422 e. The number of rotatable bonds is 5. The van der Waals surface area contributed by atoms with E-state index >= 15 is 0 Å². The smallest absolute Gasteiger partial charge is 0.338 e. The van der Waals surface area contributed by atoms with Crippen LogP contribution in [0.25, 0.3) is 21.5 Å². The van der Waals surface area contributed by atoms with Crippen molar-refractivity contribution in [2.45, 2.75) is 33.6 Å². The van der Waals surface area contributed by atoms with Gasteiger partial charge >= 0.3 is 11.9 Å². The maximum atomic E-state index is 12.4. The zero-order chi connectivity index (χ0) is 21.3. The molecule has 0 fully saturated rings. The highest BCUT2D eigenvalue weighted by atomic mass is 16.5. The maximum Gasteiger partial charge on any atom is 0.338 e. The van der Waals surface area contributed by atoms with E-state index in [4.69, 9.17) is 9.47 Å². The Morgan fingerprint density at radius 3 is 1.76 bits per heavy atom. The van der Waals surface area contributed by atoms with Crippen molar-refractivity contribution in [1.29, 1.82) is 0 Å². The number of hydrogen-bond donors (Lipinski definition) is 0. The second kappa shape index (κ2) is 7.92. The van der Waals surface area contributed by atoms with Gasteiger partial charge in [0.2, 0.25) is 0 Å². The molecule has 0 amide bonds. The van der Waals surface area contributed by atoms with Gasteiger partial charge in [0, 0.05) is 32.7 Å². The highest BCUT2D eigenvalue weighted by Crippen LogP contribution is 2.45. The summed E-state index contributed by atoms with van der Waals surface area (Å²) in [4.78, 5) is 24.8. The molecule has 29 heavy (non-hydrogen) atoms. The number of benzene rings is 3. The third kappa shape index (κ3) is 3.79. The van der Waals surface area contributed by atoms with Gasteiger partial charge < -0.3 is 9.47 Å². The van der Waals surface area contributed by atoms with E-state index in [1.807, 2.05) is 42.5 Å². The minimum atomic E-state index is -0.502. The van der Waals surface area contributed by atoms with Crippen molar-refractivity contribution >= 4 is 33.5 Å². The summed E-state index contributed by atoms with van der Waals surface area (Å²) >= 11 is 0. The monoisotopic (exact) mass is 388 g/mol. The lowest BCUT2D eigenvalue weighted by Gasteiger charge is -2.20. The summed E-state index contributed by atoms with van der Waals surface area (Å²) in [6.07, 6.45) is 0. The molecule has 148 valence electrons. The molecule has 3 rings (SSSR count). The van der Waals surface area contributed by atoms with E-state index in [1.54, 1.807) is 13.8 Å². The van der Waals surface area contributed by atoms with E-state index in [2.05, 4.69) is 27.0 Å². The van der Waals surface area contributed by atoms with Crippen LogP contribution < -0.4 is 9.47 Å². The zero-order valence-electron chi connectivity index (χ0n) is 17.2. The quantitative estimate of drug-likeness (QED) is 0.230. The molecule has 4 nitrogen and oxygen atoms in total. The molecule has 0 aromatic heterocycles. The Kier molecular flexibility index (Phi) is 5.55. The zero-order valence-corrected chi connectivity index (χ0v) is 17.2. The molecule has 3 aromatic rings. The summed E-state index contributed by atoms with van der Waals surface area (Å²) in [7, 11) is 0. The third-order valence-electron chi connectivity index (χ3n) is 4.69. The van der Waals surface area contributed by atoms with Crippen molar-refractivity contribution in [1.82, 2.24) is 0 Å². The number of carbonyl (C=O) groups excluding carboxylic acids is 2. The fraction of sp³-hybridized carbons (Fsp3) is 0.200. The molecule has 0 spiro atoms. The van der Waals surface area contributed by atoms with E-state index in [9.17, 15) is 9.59 Å². The van der Waals surface area contributed by atoms with Gasteiger partial charge in [0.1, 0.15) is 11.5 Å². The van der Waals surface area contributed by atoms with Gasteiger partial charge in [-0.15, -0.1) is 0 Å². The molecular weight excluding hydrogens is 364 g/mol. The van der Waals surface area contributed by atoms with Crippen LogP contribution in [0.2, 0.25) is 0 Å². The Labute approximate surface area is 170 Å². The predicted octanol–water partition coefficient (Wildman–Crippen LogP) is 6.08. The molecule has 0 aliphatic rings. The van der Waals surface area contributed by atoms with Gasteiger partial charge in [-0.1, -0.05) is 69.5 Å². The Bertz CT molecular complexity index is 1170. The van der Waals surface area contributed by atoms with Gasteiger partial charge in [-0.2, -0.15) is 0 Å². The Morgan fingerprint density at radius 1 is 0.759 bits per heavy atom. The molecule has 0 saturated carbocycles. The molecule has 0 N–H and O–H groups in total. The first-order valence-electron chi connectivity index (χ1n) is 9.45. The highest BCUT2D eigenvalue weighted by molar-refractivity contribution is 6.14. The molecule has 0 bridgehead atoms. The average Bonchev–Trinajstić information content (AvgIpc) is 2.69. The summed E-state index contributed by atoms with van der Waals surface area (Å²) in [6.45, 7) is 14.7. The molecule has 0 heterocycles. The van der Waals surface area contributed by atoms with Crippen LogP contribution in [0.1, 0.15) is 39.2 Å². The van der Waals surface area contributed by atoms with E-state index in [-0.39, 0.29) is 5.92 Å². The van der Waals surface area contributed by atoms with Crippen molar-refractivity contribution in [3.63, 3.8) is 0 Å². The third-order valence-corrected chi connectivity index (χ3v) is 4.69. The number of hydrogen-bond acceptors (Lipinski definition) is 4. The molecule has 0 atom stereocenters. The molecule has 0 radical (unpaired) electrons. The molecular formula is C25H24O4. The van der Waals surface area contributed by atoms with Gasteiger partial charge in [0.15, 0.2) is 0 Å². The van der Waals surface area contributed by atoms with Crippen LogP contribution >= 0.6 is 0 Å². The van der Waals surface area contributed by atoms with Crippen LogP contribution in [0.5, 0.6) is 11.5 Å². The number of carbonyl (C=O) groups is 2. The van der Waals surface area contributed by atoms with Crippen molar-refractivity contribution in [3.05, 3.63) is 72.3 Å². The van der Waals surface area contributed by atoms with Crippen molar-refractivity contribution < 1.29 is 19.1 Å². The van der Waals surface area contributed by atoms with Crippen LogP contribution in [0.4, 0.5) is 0 Å². The maximum absolute atomic E-state index is 12.4. The van der Waals surface area contributed by atoms with Crippen molar-refractivity contribution in [3.8, 4) is 11.5 Å². The van der Waals surface area contributed by atoms with Gasteiger partial charge in [-0.3, -0.25) is 0 Å². The van der Waals surface area contributed by atoms with Crippen LogP contribution in [0, 0.1) is 0 Å². The van der Waals surface area contributed by atoms with Gasteiger partial charge in [-0.05, 0) is 25.3 Å². The average molecular weight is 388 g/mol. The summed E-state index contributed by atoms with van der Waals surface area (Å²) < 4.78 is 11.6. The molecule has 0 aliphatic heterocycles. The summed E-state index contributed by atoms with van der Waals surface area (Å²) in [5.74, 6) is 0.0378. The van der Waals surface area contributed by atoms with Gasteiger partial charge in [0.25, 0.3) is 0 Å². The minimum absolute atomic E-state index is 0.159. The topological polar surface area (TPSA) is 52.6 Å². The number of ether oxygens (including phenoxy) is 2. The summed E-state index contributed by atoms with van der Waals surface area (Å²) in [6, 6.07) is 13.2. The van der Waals surface area contributed by atoms with Crippen LogP contribution in [0.3, 0.4) is 0 Å². The van der Waals surface area contributed by atoms with Crippen molar-refractivity contribution in [2.75, 3.05) is 0 Å². The Hall–Kier alpha value is -3.40. The second-order valence-electron chi connectivity index (χ2n) is 7.47. The Morgan fingerprint density at radius 2 is 1.24 bits per heavy atom. The molecule has 4 heteroatoms. The van der Waals surface area contributed by atoms with E-state index in [0.29, 0.717) is 38.8 Å². The minimum Gasteiger partial charge on any atom is -0.422 e. The van der Waals surface area contributed by atoms with Crippen molar-refractivity contribution in [2.24, 2.45) is 0 Å². The fourth-order valence-corrected chi connectivity index (χ4v) is 3.23. The second-order valence-corrected chi connectivity index (χ2v) is 7.47. The summed E-state index contributed by atoms with van der Waals surface area (Å²) in [5, 5.41) is 2.82. The first-order valence-corrected chi connectivity index (χ1v) is 9.45.